The van der Waals surface area contributed by atoms with Gasteiger partial charge in [-0.3, -0.25) is 0 Å². The molecule has 0 saturated heterocycles. The van der Waals surface area contributed by atoms with Gasteiger partial charge in [0, 0.05) is 29.2 Å². The Morgan fingerprint density at radius 1 is 1.33 bits per heavy atom. The first-order valence-electron chi connectivity index (χ1n) is 6.29. The van der Waals surface area contributed by atoms with Crippen LogP contribution in [0.2, 0.25) is 10.0 Å². The predicted octanol–water partition coefficient (Wildman–Crippen LogP) is 2.87. The number of rotatable bonds is 3. The van der Waals surface area contributed by atoms with Crippen LogP contribution >= 0.6 is 23.2 Å². The molecule has 1 aliphatic heterocycles. The Morgan fingerprint density at radius 3 is 2.86 bits per heavy atom. The third-order valence-corrected chi connectivity index (χ3v) is 5.75. The number of hydrogen-bond donors (Lipinski definition) is 0. The van der Waals surface area contributed by atoms with E-state index < -0.39 is 10.0 Å². The highest BCUT2D eigenvalue weighted by Gasteiger charge is 2.29. The molecule has 0 unspecified atom stereocenters. The summed E-state index contributed by atoms with van der Waals surface area (Å²) in [6.07, 6.45) is 1.95. The Morgan fingerprint density at radius 2 is 2.14 bits per heavy atom. The lowest BCUT2D eigenvalue weighted by Gasteiger charge is -2.28. The smallest absolute Gasteiger partial charge is 0.220 e. The van der Waals surface area contributed by atoms with Gasteiger partial charge in [0.2, 0.25) is 10.0 Å². The van der Waals surface area contributed by atoms with E-state index in [-0.39, 0.29) is 12.3 Å². The number of benzene rings is 1. The zero-order valence-electron chi connectivity index (χ0n) is 10.9. The summed E-state index contributed by atoms with van der Waals surface area (Å²) >= 11 is 12.1. The van der Waals surface area contributed by atoms with Crippen molar-refractivity contribution in [3.8, 4) is 0 Å². The van der Waals surface area contributed by atoms with E-state index in [1.165, 1.54) is 10.6 Å². The van der Waals surface area contributed by atoms with E-state index in [0.29, 0.717) is 28.7 Å². The summed E-state index contributed by atoms with van der Waals surface area (Å²) in [5.74, 6) is -0.177. The van der Waals surface area contributed by atoms with Crippen LogP contribution < -0.4 is 0 Å². The Hall–Kier alpha value is -1.08. The van der Waals surface area contributed by atoms with E-state index in [2.05, 4.69) is 9.68 Å². The largest absolute Gasteiger partial charge is 0.364 e. The molecule has 2 heterocycles. The monoisotopic (exact) mass is 346 g/mol. The maximum atomic E-state index is 12.4. The van der Waals surface area contributed by atoms with Crippen LogP contribution in [0, 0.1) is 0 Å². The minimum atomic E-state index is -3.46. The quantitative estimate of drug-likeness (QED) is 0.857. The molecule has 0 atom stereocenters. The van der Waals surface area contributed by atoms with Crippen molar-refractivity contribution in [2.45, 2.75) is 18.7 Å². The normalized spacial score (nSPS) is 15.9. The highest BCUT2D eigenvalue weighted by Crippen LogP contribution is 2.31. The minimum absolute atomic E-state index is 0.177. The summed E-state index contributed by atoms with van der Waals surface area (Å²) in [6.45, 7) is 0.662. The van der Waals surface area contributed by atoms with Crippen molar-refractivity contribution in [1.82, 2.24) is 9.46 Å². The fraction of sp³-hybridized carbons (Fsp3) is 0.308. The average Bonchev–Trinajstić information content (AvgIpc) is 2.90. The molecular weight excluding hydrogens is 335 g/mol. The van der Waals surface area contributed by atoms with Gasteiger partial charge in [-0.1, -0.05) is 28.4 Å². The Labute approximate surface area is 132 Å². The van der Waals surface area contributed by atoms with Crippen LogP contribution in [0.5, 0.6) is 0 Å². The molecule has 5 nitrogen and oxygen atoms in total. The molecule has 0 aliphatic carbocycles. The Bertz CT molecular complexity index is 760. The van der Waals surface area contributed by atoms with Gasteiger partial charge in [0.15, 0.2) is 0 Å². The second kappa shape index (κ2) is 5.61. The molecule has 1 aromatic carbocycles. The summed E-state index contributed by atoms with van der Waals surface area (Å²) in [7, 11) is -3.46. The van der Waals surface area contributed by atoms with Crippen LogP contribution in [0.25, 0.3) is 0 Å². The maximum Gasteiger partial charge on any atom is 0.220 e. The first-order chi connectivity index (χ1) is 9.95. The molecule has 0 amide bonds. The Kier molecular flexibility index (Phi) is 3.96. The molecule has 3 rings (SSSR count). The number of nitrogens with zero attached hydrogens (tertiary/aromatic N) is 2. The average molecular weight is 347 g/mol. The van der Waals surface area contributed by atoms with Gasteiger partial charge in [-0.25, -0.2) is 8.42 Å². The van der Waals surface area contributed by atoms with Crippen molar-refractivity contribution in [2.24, 2.45) is 0 Å². The molecule has 8 heteroatoms. The molecule has 0 saturated carbocycles. The molecule has 2 aromatic rings. The predicted molar refractivity (Wildman–Crippen MR) is 79.7 cm³/mol. The van der Waals surface area contributed by atoms with Crippen LogP contribution in [-0.4, -0.2) is 24.4 Å². The lowest BCUT2D eigenvalue weighted by Crippen LogP contribution is -2.36. The molecule has 0 spiro atoms. The van der Waals surface area contributed by atoms with Crippen molar-refractivity contribution in [3.63, 3.8) is 0 Å². The number of aromatic nitrogens is 1. The minimum Gasteiger partial charge on any atom is -0.364 e. The maximum absolute atomic E-state index is 12.4. The van der Waals surface area contributed by atoms with Crippen LogP contribution in [0.1, 0.15) is 16.8 Å². The van der Waals surface area contributed by atoms with Crippen molar-refractivity contribution >= 4 is 33.2 Å². The van der Waals surface area contributed by atoms with Crippen LogP contribution in [0.3, 0.4) is 0 Å². The zero-order valence-corrected chi connectivity index (χ0v) is 13.2. The second-order valence-electron chi connectivity index (χ2n) is 4.86. The number of hydrogen-bond acceptors (Lipinski definition) is 4. The van der Waals surface area contributed by atoms with Crippen molar-refractivity contribution in [1.29, 1.82) is 0 Å². The van der Waals surface area contributed by atoms with Crippen LogP contribution in [-0.2, 0) is 28.7 Å². The summed E-state index contributed by atoms with van der Waals surface area (Å²) in [5.41, 5.74) is 2.21. The zero-order chi connectivity index (χ0) is 15.0. The third-order valence-electron chi connectivity index (χ3n) is 3.43. The molecule has 112 valence electrons. The standard InChI is InChI=1S/C13H12Cl2N2O3S/c14-10-5-9-1-3-17(7-12(9)13(15)6-10)21(18,19)8-11-2-4-20-16-11/h2,4-6H,1,3,7-8H2. The SMILES string of the molecule is O=S(=O)(Cc1ccon1)N1CCc2cc(Cl)cc(Cl)c2C1. The highest BCUT2D eigenvalue weighted by atomic mass is 35.5. The van der Waals surface area contributed by atoms with Crippen molar-refractivity contribution < 1.29 is 12.9 Å². The van der Waals surface area contributed by atoms with Gasteiger partial charge in [0.1, 0.15) is 12.0 Å². The van der Waals surface area contributed by atoms with Gasteiger partial charge in [0.05, 0.1) is 5.69 Å². The summed E-state index contributed by atoms with van der Waals surface area (Å²) in [4.78, 5) is 0. The first kappa shape index (κ1) is 14.8. The first-order valence-corrected chi connectivity index (χ1v) is 8.66. The molecule has 1 aliphatic rings. The molecule has 21 heavy (non-hydrogen) atoms. The molecular formula is C13H12Cl2N2O3S. The second-order valence-corrected chi connectivity index (χ2v) is 7.67. The summed E-state index contributed by atoms with van der Waals surface area (Å²) in [5, 5.41) is 4.71. The van der Waals surface area contributed by atoms with E-state index in [1.54, 1.807) is 12.1 Å². The Balaban J connectivity index is 1.86. The summed E-state index contributed by atoms with van der Waals surface area (Å²) in [6, 6.07) is 5.02. The van der Waals surface area contributed by atoms with E-state index >= 15 is 0 Å². The lowest BCUT2D eigenvalue weighted by atomic mass is 10.0. The van der Waals surface area contributed by atoms with Crippen molar-refractivity contribution in [2.75, 3.05) is 6.54 Å². The molecule has 0 radical (unpaired) electrons. The van der Waals surface area contributed by atoms with E-state index in [1.807, 2.05) is 6.07 Å². The number of fused-ring (bicyclic) bond motifs is 1. The van der Waals surface area contributed by atoms with Crippen LogP contribution in [0.15, 0.2) is 29.0 Å². The van der Waals surface area contributed by atoms with Gasteiger partial charge in [-0.15, -0.1) is 0 Å². The summed E-state index contributed by atoms with van der Waals surface area (Å²) < 4.78 is 30.9. The molecule has 0 bridgehead atoms. The van der Waals surface area contributed by atoms with E-state index in [0.717, 1.165) is 11.1 Å². The van der Waals surface area contributed by atoms with Gasteiger partial charge in [0.25, 0.3) is 0 Å². The van der Waals surface area contributed by atoms with E-state index in [4.69, 9.17) is 23.2 Å². The third kappa shape index (κ3) is 3.08. The van der Waals surface area contributed by atoms with E-state index in [9.17, 15) is 8.42 Å². The lowest BCUT2D eigenvalue weighted by molar-refractivity contribution is 0.387. The molecule has 0 fully saturated rings. The number of sulfonamides is 1. The van der Waals surface area contributed by atoms with Gasteiger partial charge >= 0.3 is 0 Å². The molecule has 0 N–H and O–H groups in total. The number of halogens is 2. The van der Waals surface area contributed by atoms with Gasteiger partial charge < -0.3 is 4.52 Å². The van der Waals surface area contributed by atoms with Crippen LogP contribution in [0.4, 0.5) is 0 Å². The fourth-order valence-electron chi connectivity index (χ4n) is 2.39. The topological polar surface area (TPSA) is 63.4 Å². The van der Waals surface area contributed by atoms with Gasteiger partial charge in [-0.05, 0) is 29.7 Å². The highest BCUT2D eigenvalue weighted by molar-refractivity contribution is 7.88. The fourth-order valence-corrected chi connectivity index (χ4v) is 4.38. The van der Waals surface area contributed by atoms with Gasteiger partial charge in [-0.2, -0.15) is 4.31 Å². The van der Waals surface area contributed by atoms with Crippen molar-refractivity contribution in [3.05, 3.63) is 51.3 Å². The molecule has 1 aromatic heterocycles.